The van der Waals surface area contributed by atoms with E-state index in [0.717, 1.165) is 39.0 Å². The molecule has 0 aromatic carbocycles. The molecule has 5 heteroatoms. The highest BCUT2D eigenvalue weighted by Gasteiger charge is 2.33. The fourth-order valence-electron chi connectivity index (χ4n) is 3.46. The fourth-order valence-corrected chi connectivity index (χ4v) is 3.46. The van der Waals surface area contributed by atoms with Crippen LogP contribution in [0.1, 0.15) is 51.9 Å². The standard InChI is InChI=1S/C15H28N2O2.ClH/c1-2-15(7-3-4-8-15)11-17-14(18)13(16)12-5-9-19-10-6-12;/h12-13H,2-11,16H2,1H3,(H,17,18);1H. The van der Waals surface area contributed by atoms with Crippen LogP contribution in [0.15, 0.2) is 0 Å². The summed E-state index contributed by atoms with van der Waals surface area (Å²) >= 11 is 0. The van der Waals surface area contributed by atoms with Gasteiger partial charge in [0.25, 0.3) is 0 Å². The van der Waals surface area contributed by atoms with Crippen LogP contribution in [0.3, 0.4) is 0 Å². The molecule has 2 aliphatic rings. The van der Waals surface area contributed by atoms with E-state index in [2.05, 4.69) is 12.2 Å². The second kappa shape index (κ2) is 8.20. The van der Waals surface area contributed by atoms with E-state index in [1.54, 1.807) is 0 Å². The molecule has 2 fully saturated rings. The van der Waals surface area contributed by atoms with E-state index >= 15 is 0 Å². The van der Waals surface area contributed by atoms with E-state index in [4.69, 9.17) is 10.5 Å². The van der Waals surface area contributed by atoms with Crippen molar-refractivity contribution in [3.8, 4) is 0 Å². The minimum absolute atomic E-state index is 0. The molecular weight excluding hydrogens is 276 g/mol. The Kier molecular flexibility index (Phi) is 7.27. The van der Waals surface area contributed by atoms with Gasteiger partial charge >= 0.3 is 0 Å². The van der Waals surface area contributed by atoms with Crippen LogP contribution in [-0.2, 0) is 9.53 Å². The molecule has 1 unspecified atom stereocenters. The zero-order valence-electron chi connectivity index (χ0n) is 12.5. The summed E-state index contributed by atoms with van der Waals surface area (Å²) in [5.74, 6) is 0.321. The molecule has 2 rings (SSSR count). The largest absolute Gasteiger partial charge is 0.381 e. The number of halogens is 1. The van der Waals surface area contributed by atoms with E-state index in [0.29, 0.717) is 5.41 Å². The lowest BCUT2D eigenvalue weighted by molar-refractivity contribution is -0.124. The van der Waals surface area contributed by atoms with Crippen molar-refractivity contribution >= 4 is 18.3 Å². The van der Waals surface area contributed by atoms with Crippen LogP contribution in [0.4, 0.5) is 0 Å². The monoisotopic (exact) mass is 304 g/mol. The lowest BCUT2D eigenvalue weighted by Crippen LogP contribution is -2.49. The predicted molar refractivity (Wildman–Crippen MR) is 83.0 cm³/mol. The van der Waals surface area contributed by atoms with Gasteiger partial charge in [0.1, 0.15) is 0 Å². The molecule has 1 atom stereocenters. The Labute approximate surface area is 128 Å². The van der Waals surface area contributed by atoms with E-state index < -0.39 is 0 Å². The van der Waals surface area contributed by atoms with Gasteiger partial charge in [0.2, 0.25) is 5.91 Å². The van der Waals surface area contributed by atoms with Crippen LogP contribution >= 0.6 is 12.4 Å². The van der Waals surface area contributed by atoms with Crippen LogP contribution in [0.2, 0.25) is 0 Å². The number of nitrogens with two attached hydrogens (primary N) is 1. The Balaban J connectivity index is 0.00000200. The lowest BCUT2D eigenvalue weighted by Gasteiger charge is -2.30. The molecule has 118 valence electrons. The highest BCUT2D eigenvalue weighted by atomic mass is 35.5. The van der Waals surface area contributed by atoms with Gasteiger partial charge in [-0.3, -0.25) is 4.79 Å². The molecule has 1 saturated carbocycles. The maximum absolute atomic E-state index is 12.2. The average Bonchev–Trinajstić information content (AvgIpc) is 2.94. The van der Waals surface area contributed by atoms with Crippen molar-refractivity contribution in [3.05, 3.63) is 0 Å². The summed E-state index contributed by atoms with van der Waals surface area (Å²) in [5.41, 5.74) is 6.43. The van der Waals surface area contributed by atoms with Gasteiger partial charge in [-0.25, -0.2) is 0 Å². The van der Waals surface area contributed by atoms with Gasteiger partial charge in [0.15, 0.2) is 0 Å². The van der Waals surface area contributed by atoms with Crippen molar-refractivity contribution < 1.29 is 9.53 Å². The zero-order valence-corrected chi connectivity index (χ0v) is 13.3. The Hall–Kier alpha value is -0.320. The molecular formula is C15H29ClN2O2. The number of hydrogen-bond acceptors (Lipinski definition) is 3. The summed E-state index contributed by atoms with van der Waals surface area (Å²) in [7, 11) is 0. The minimum atomic E-state index is -0.362. The van der Waals surface area contributed by atoms with Gasteiger partial charge < -0.3 is 15.8 Å². The first-order valence-electron chi connectivity index (χ1n) is 7.78. The highest BCUT2D eigenvalue weighted by molar-refractivity contribution is 5.85. The summed E-state index contributed by atoms with van der Waals surface area (Å²) < 4.78 is 5.32. The third-order valence-electron chi connectivity index (χ3n) is 5.13. The summed E-state index contributed by atoms with van der Waals surface area (Å²) in [6.07, 6.45) is 8.07. The topological polar surface area (TPSA) is 64.4 Å². The third kappa shape index (κ3) is 4.34. The van der Waals surface area contributed by atoms with Crippen molar-refractivity contribution in [1.29, 1.82) is 0 Å². The molecule has 0 spiro atoms. The first kappa shape index (κ1) is 17.7. The smallest absolute Gasteiger partial charge is 0.237 e. The van der Waals surface area contributed by atoms with Crippen LogP contribution in [0.5, 0.6) is 0 Å². The van der Waals surface area contributed by atoms with Crippen LogP contribution < -0.4 is 11.1 Å². The number of rotatable bonds is 5. The van der Waals surface area contributed by atoms with Gasteiger partial charge in [0.05, 0.1) is 6.04 Å². The summed E-state index contributed by atoms with van der Waals surface area (Å²) in [5, 5.41) is 3.11. The molecule has 20 heavy (non-hydrogen) atoms. The van der Waals surface area contributed by atoms with E-state index in [1.165, 1.54) is 25.7 Å². The molecule has 1 aliphatic heterocycles. The van der Waals surface area contributed by atoms with E-state index in [9.17, 15) is 4.79 Å². The Morgan fingerprint density at radius 1 is 1.35 bits per heavy atom. The van der Waals surface area contributed by atoms with Crippen LogP contribution in [0, 0.1) is 11.3 Å². The number of amides is 1. The second-order valence-electron chi connectivity index (χ2n) is 6.25. The molecule has 0 bridgehead atoms. The SMILES string of the molecule is CCC1(CNC(=O)C(N)C2CCOCC2)CCCC1.Cl. The quantitative estimate of drug-likeness (QED) is 0.819. The summed E-state index contributed by atoms with van der Waals surface area (Å²) in [4.78, 5) is 12.2. The Morgan fingerprint density at radius 3 is 2.50 bits per heavy atom. The normalized spacial score (nSPS) is 23.9. The number of ether oxygens (including phenoxy) is 1. The maximum Gasteiger partial charge on any atom is 0.237 e. The fraction of sp³-hybridized carbons (Fsp3) is 0.933. The van der Waals surface area contributed by atoms with E-state index in [1.807, 2.05) is 0 Å². The second-order valence-corrected chi connectivity index (χ2v) is 6.25. The minimum Gasteiger partial charge on any atom is -0.381 e. The number of hydrogen-bond donors (Lipinski definition) is 2. The molecule has 1 heterocycles. The summed E-state index contributed by atoms with van der Waals surface area (Å²) in [6, 6.07) is -0.362. The molecule has 1 amide bonds. The molecule has 3 N–H and O–H groups in total. The van der Waals surface area contributed by atoms with Gasteiger partial charge in [0, 0.05) is 19.8 Å². The van der Waals surface area contributed by atoms with Gasteiger partial charge in [-0.15, -0.1) is 12.4 Å². The Morgan fingerprint density at radius 2 is 1.95 bits per heavy atom. The van der Waals surface area contributed by atoms with Crippen LogP contribution in [-0.4, -0.2) is 31.7 Å². The number of carbonyl (C=O) groups is 1. The van der Waals surface area contributed by atoms with Crippen molar-refractivity contribution in [2.24, 2.45) is 17.1 Å². The number of carbonyl (C=O) groups excluding carboxylic acids is 1. The third-order valence-corrected chi connectivity index (χ3v) is 5.13. The summed E-state index contributed by atoms with van der Waals surface area (Å²) in [6.45, 7) is 4.52. The predicted octanol–water partition coefficient (Wildman–Crippen LogP) is 2.25. The first-order valence-corrected chi connectivity index (χ1v) is 7.78. The Bertz CT molecular complexity index is 300. The maximum atomic E-state index is 12.2. The van der Waals surface area contributed by atoms with E-state index in [-0.39, 0.29) is 30.3 Å². The van der Waals surface area contributed by atoms with Crippen molar-refractivity contribution in [1.82, 2.24) is 5.32 Å². The molecule has 0 aromatic heterocycles. The van der Waals surface area contributed by atoms with Crippen molar-refractivity contribution in [2.75, 3.05) is 19.8 Å². The average molecular weight is 305 g/mol. The molecule has 4 nitrogen and oxygen atoms in total. The number of nitrogens with one attached hydrogen (secondary N) is 1. The molecule has 0 aromatic rings. The molecule has 1 aliphatic carbocycles. The molecule has 0 radical (unpaired) electrons. The van der Waals surface area contributed by atoms with Crippen LogP contribution in [0.25, 0.3) is 0 Å². The zero-order chi connectivity index (χ0) is 13.7. The van der Waals surface area contributed by atoms with Gasteiger partial charge in [-0.05, 0) is 43.4 Å². The van der Waals surface area contributed by atoms with Gasteiger partial charge in [-0.2, -0.15) is 0 Å². The van der Waals surface area contributed by atoms with Gasteiger partial charge in [-0.1, -0.05) is 19.8 Å². The van der Waals surface area contributed by atoms with Crippen molar-refractivity contribution in [2.45, 2.75) is 57.9 Å². The first-order chi connectivity index (χ1) is 9.17. The highest BCUT2D eigenvalue weighted by Crippen LogP contribution is 2.40. The molecule has 1 saturated heterocycles. The van der Waals surface area contributed by atoms with Crippen molar-refractivity contribution in [3.63, 3.8) is 0 Å². The lowest BCUT2D eigenvalue weighted by atomic mass is 9.83.